The van der Waals surface area contributed by atoms with Gasteiger partial charge in [-0.25, -0.2) is 4.79 Å². The van der Waals surface area contributed by atoms with Crippen LogP contribution in [0.1, 0.15) is 70.9 Å². The minimum absolute atomic E-state index is 0.197. The van der Waals surface area contributed by atoms with Gasteiger partial charge in [-0.2, -0.15) is 0 Å². The molecule has 2 atom stereocenters. The van der Waals surface area contributed by atoms with Crippen LogP contribution in [0, 0.1) is 0 Å². The molecule has 0 N–H and O–H groups in total. The Morgan fingerprint density at radius 1 is 0.711 bits per heavy atom. The third kappa shape index (κ3) is 8.72. The van der Waals surface area contributed by atoms with Gasteiger partial charge in [0.25, 0.3) is 0 Å². The Morgan fingerprint density at radius 3 is 2.18 bits per heavy atom. The molecular formula is C40H44O5. The first-order valence-electron chi connectivity index (χ1n) is 16.1. The van der Waals surface area contributed by atoms with Crippen LogP contribution in [-0.4, -0.2) is 39.0 Å². The SMILES string of the molecule is CCCc1ccc2c(c1)C=Cc1ccc(CCc3ccccc3)cc1C2OCCOc1ccc(CC(OC)C(=O)OCC)cc1. The third-order valence-corrected chi connectivity index (χ3v) is 8.21. The van der Waals surface area contributed by atoms with E-state index in [4.69, 9.17) is 18.9 Å². The van der Waals surface area contributed by atoms with Crippen molar-refractivity contribution >= 4 is 18.1 Å². The Labute approximate surface area is 267 Å². The first-order chi connectivity index (χ1) is 22.1. The molecular weight excluding hydrogens is 560 g/mol. The quantitative estimate of drug-likeness (QED) is 0.101. The van der Waals surface area contributed by atoms with Crippen molar-refractivity contribution < 1.29 is 23.7 Å². The summed E-state index contributed by atoms with van der Waals surface area (Å²) in [7, 11) is 1.52. The predicted octanol–water partition coefficient (Wildman–Crippen LogP) is 8.21. The lowest BCUT2D eigenvalue weighted by Gasteiger charge is -2.22. The molecule has 5 rings (SSSR count). The van der Waals surface area contributed by atoms with Crippen LogP contribution in [0.5, 0.6) is 5.75 Å². The van der Waals surface area contributed by atoms with Crippen LogP contribution < -0.4 is 4.74 Å². The van der Waals surface area contributed by atoms with Gasteiger partial charge in [-0.15, -0.1) is 0 Å². The van der Waals surface area contributed by atoms with Gasteiger partial charge >= 0.3 is 5.97 Å². The number of rotatable bonds is 15. The van der Waals surface area contributed by atoms with Crippen molar-refractivity contribution in [2.45, 2.75) is 58.2 Å². The number of methoxy groups -OCH3 is 1. The highest BCUT2D eigenvalue weighted by atomic mass is 16.6. The van der Waals surface area contributed by atoms with Crippen LogP contribution in [-0.2, 0) is 44.7 Å². The van der Waals surface area contributed by atoms with Crippen molar-refractivity contribution in [3.05, 3.63) is 136 Å². The summed E-state index contributed by atoms with van der Waals surface area (Å²) in [5.41, 5.74) is 9.74. The minimum atomic E-state index is -0.623. The van der Waals surface area contributed by atoms with Gasteiger partial charge in [-0.05, 0) is 82.8 Å². The van der Waals surface area contributed by atoms with Gasteiger partial charge in [0.05, 0.1) is 13.2 Å². The monoisotopic (exact) mass is 604 g/mol. The summed E-state index contributed by atoms with van der Waals surface area (Å²) in [6.45, 7) is 5.19. The lowest BCUT2D eigenvalue weighted by atomic mass is 9.92. The fraction of sp³-hybridized carbons (Fsp3) is 0.325. The van der Waals surface area contributed by atoms with Crippen molar-refractivity contribution in [3.8, 4) is 5.75 Å². The topological polar surface area (TPSA) is 54.0 Å². The smallest absolute Gasteiger partial charge is 0.335 e. The summed E-state index contributed by atoms with van der Waals surface area (Å²) < 4.78 is 23.2. The molecule has 0 spiro atoms. The van der Waals surface area contributed by atoms with Gasteiger partial charge in [-0.1, -0.05) is 104 Å². The molecule has 234 valence electrons. The van der Waals surface area contributed by atoms with E-state index in [1.54, 1.807) is 6.92 Å². The maximum atomic E-state index is 12.1. The van der Waals surface area contributed by atoms with E-state index in [0.717, 1.165) is 37.0 Å². The predicted molar refractivity (Wildman–Crippen MR) is 181 cm³/mol. The second-order valence-corrected chi connectivity index (χ2v) is 11.4. The fourth-order valence-corrected chi connectivity index (χ4v) is 5.83. The molecule has 0 saturated carbocycles. The molecule has 5 nitrogen and oxygen atoms in total. The summed E-state index contributed by atoms with van der Waals surface area (Å²) in [6.07, 6.45) is 8.23. The van der Waals surface area contributed by atoms with Crippen LogP contribution in [0.4, 0.5) is 0 Å². The molecule has 0 aromatic heterocycles. The van der Waals surface area contributed by atoms with E-state index in [9.17, 15) is 4.79 Å². The van der Waals surface area contributed by atoms with Gasteiger partial charge in [0.15, 0.2) is 6.10 Å². The molecule has 5 heteroatoms. The molecule has 0 heterocycles. The van der Waals surface area contributed by atoms with Crippen LogP contribution in [0.15, 0.2) is 91.0 Å². The zero-order chi connectivity index (χ0) is 31.4. The molecule has 0 bridgehead atoms. The average molecular weight is 605 g/mol. The van der Waals surface area contributed by atoms with Crippen molar-refractivity contribution in [3.63, 3.8) is 0 Å². The van der Waals surface area contributed by atoms with Gasteiger partial charge in [0.1, 0.15) is 18.5 Å². The number of carbonyl (C=O) groups is 1. The Hall–Kier alpha value is -4.19. The molecule has 1 aliphatic rings. The van der Waals surface area contributed by atoms with E-state index < -0.39 is 6.10 Å². The van der Waals surface area contributed by atoms with E-state index in [1.165, 1.54) is 46.1 Å². The highest BCUT2D eigenvalue weighted by Gasteiger charge is 2.23. The first-order valence-corrected chi connectivity index (χ1v) is 16.1. The largest absolute Gasteiger partial charge is 0.491 e. The summed E-state index contributed by atoms with van der Waals surface area (Å²) in [5, 5.41) is 0. The van der Waals surface area contributed by atoms with E-state index in [1.807, 2.05) is 24.3 Å². The number of esters is 1. The number of aryl methyl sites for hydroxylation is 3. The number of hydrogen-bond donors (Lipinski definition) is 0. The summed E-state index contributed by atoms with van der Waals surface area (Å²) >= 11 is 0. The van der Waals surface area contributed by atoms with Crippen molar-refractivity contribution in [1.82, 2.24) is 0 Å². The second kappa shape index (κ2) is 16.2. The van der Waals surface area contributed by atoms with E-state index in [0.29, 0.717) is 26.2 Å². The van der Waals surface area contributed by atoms with Crippen molar-refractivity contribution in [2.75, 3.05) is 26.9 Å². The van der Waals surface area contributed by atoms with Gasteiger partial charge in [-0.3, -0.25) is 0 Å². The summed E-state index contributed by atoms with van der Waals surface area (Å²) in [4.78, 5) is 12.1. The van der Waals surface area contributed by atoms with Gasteiger partial charge < -0.3 is 18.9 Å². The normalized spacial score (nSPS) is 14.2. The highest BCUT2D eigenvalue weighted by Crippen LogP contribution is 2.37. The van der Waals surface area contributed by atoms with E-state index in [2.05, 4.69) is 85.8 Å². The molecule has 0 amide bonds. The summed E-state index contributed by atoms with van der Waals surface area (Å²) in [6, 6.07) is 32.0. The molecule has 4 aromatic rings. The zero-order valence-electron chi connectivity index (χ0n) is 26.7. The molecule has 45 heavy (non-hydrogen) atoms. The van der Waals surface area contributed by atoms with Crippen LogP contribution >= 0.6 is 0 Å². The maximum Gasteiger partial charge on any atom is 0.335 e. The Morgan fingerprint density at radius 2 is 1.42 bits per heavy atom. The molecule has 0 fully saturated rings. The van der Waals surface area contributed by atoms with Crippen LogP contribution in [0.2, 0.25) is 0 Å². The fourth-order valence-electron chi connectivity index (χ4n) is 5.83. The first kappa shape index (κ1) is 32.2. The van der Waals surface area contributed by atoms with Crippen LogP contribution in [0.25, 0.3) is 12.2 Å². The highest BCUT2D eigenvalue weighted by molar-refractivity contribution is 5.77. The van der Waals surface area contributed by atoms with Gasteiger partial charge in [0.2, 0.25) is 0 Å². The van der Waals surface area contributed by atoms with Crippen LogP contribution in [0.3, 0.4) is 0 Å². The second-order valence-electron chi connectivity index (χ2n) is 11.4. The number of carbonyl (C=O) groups excluding carboxylic acids is 1. The van der Waals surface area contributed by atoms with Crippen molar-refractivity contribution in [1.29, 1.82) is 0 Å². The number of benzene rings is 4. The Balaban J connectivity index is 1.27. The molecule has 2 unspecified atom stereocenters. The third-order valence-electron chi connectivity index (χ3n) is 8.21. The molecule has 1 aliphatic carbocycles. The van der Waals surface area contributed by atoms with E-state index in [-0.39, 0.29) is 12.1 Å². The molecule has 0 aliphatic heterocycles. The standard InChI is InChI=1S/C40H44O5/c1-4-9-30-17-23-36-34(26-30)20-19-33-18-14-31(13-12-29-10-7-6-8-11-29)27-37(33)39(36)45-25-24-44-35-21-15-32(16-22-35)28-38(42-3)40(41)43-5-2/h6-8,10-11,14-23,26-27,38-39H,4-5,9,12-13,24-25,28H2,1-3H3. The zero-order valence-corrected chi connectivity index (χ0v) is 26.7. The van der Waals surface area contributed by atoms with E-state index >= 15 is 0 Å². The molecule has 0 radical (unpaired) electrons. The average Bonchev–Trinajstić information content (AvgIpc) is 3.22. The lowest BCUT2D eigenvalue weighted by molar-refractivity contribution is -0.154. The Kier molecular flexibility index (Phi) is 11.6. The summed E-state index contributed by atoms with van der Waals surface area (Å²) in [5.74, 6) is 0.405. The lowest BCUT2D eigenvalue weighted by Crippen LogP contribution is -2.27. The number of hydrogen-bond acceptors (Lipinski definition) is 5. The van der Waals surface area contributed by atoms with Gasteiger partial charge in [0, 0.05) is 13.5 Å². The Bertz CT molecular complexity index is 1560. The van der Waals surface area contributed by atoms with Crippen molar-refractivity contribution in [2.24, 2.45) is 0 Å². The minimum Gasteiger partial charge on any atom is -0.491 e. The number of fused-ring (bicyclic) bond motifs is 2. The molecule has 4 aromatic carbocycles. The maximum absolute atomic E-state index is 12.1. The number of ether oxygens (including phenoxy) is 4. The molecule has 0 saturated heterocycles.